The van der Waals surface area contributed by atoms with Crippen LogP contribution >= 0.6 is 0 Å². The van der Waals surface area contributed by atoms with Crippen molar-refractivity contribution in [3.63, 3.8) is 0 Å². The number of aliphatic hydroxyl groups is 1. The highest BCUT2D eigenvalue weighted by atomic mass is 16.5. The highest BCUT2D eigenvalue weighted by Crippen LogP contribution is 2.23. The molecular weight excluding hydrogens is 252 g/mol. The summed E-state index contributed by atoms with van der Waals surface area (Å²) in [6.07, 6.45) is 1.22. The standard InChI is InChI=1S/C16H22N2O2/c1-16(2,3)18-10-12(19)11-20-15-8-4-7-14-13(15)6-5-9-17-14/h4-9,12,18-19H,10-11H2,1-3H3/t12-/m1/s1. The molecule has 0 unspecified atom stereocenters. The van der Waals surface area contributed by atoms with E-state index >= 15 is 0 Å². The molecule has 0 amide bonds. The molecule has 0 saturated carbocycles. The van der Waals surface area contributed by atoms with Crippen molar-refractivity contribution in [2.45, 2.75) is 32.4 Å². The topological polar surface area (TPSA) is 54.4 Å². The Hall–Kier alpha value is -1.65. The largest absolute Gasteiger partial charge is 0.490 e. The lowest BCUT2D eigenvalue weighted by Crippen LogP contribution is -2.42. The molecule has 1 aromatic heterocycles. The van der Waals surface area contributed by atoms with Crippen LogP contribution in [0.1, 0.15) is 20.8 Å². The number of β-amino-alcohol motifs (C(OH)–C–C–N with tert-alkyl or cyclic N) is 1. The third kappa shape index (κ3) is 4.18. The zero-order chi connectivity index (χ0) is 14.6. The van der Waals surface area contributed by atoms with Gasteiger partial charge in [-0.1, -0.05) is 6.07 Å². The average Bonchev–Trinajstić information content (AvgIpc) is 2.42. The van der Waals surface area contributed by atoms with Crippen LogP contribution in [0.25, 0.3) is 10.9 Å². The number of nitrogens with one attached hydrogen (secondary N) is 1. The van der Waals surface area contributed by atoms with Gasteiger partial charge < -0.3 is 15.2 Å². The minimum atomic E-state index is -0.541. The number of benzene rings is 1. The highest BCUT2D eigenvalue weighted by molar-refractivity contribution is 5.84. The van der Waals surface area contributed by atoms with E-state index in [-0.39, 0.29) is 12.1 Å². The van der Waals surface area contributed by atoms with Crippen molar-refractivity contribution in [3.8, 4) is 5.75 Å². The third-order valence-electron chi connectivity index (χ3n) is 2.90. The first-order valence-electron chi connectivity index (χ1n) is 6.85. The summed E-state index contributed by atoms with van der Waals surface area (Å²) in [4.78, 5) is 4.28. The second-order valence-electron chi connectivity index (χ2n) is 5.92. The van der Waals surface area contributed by atoms with Gasteiger partial charge in [0.2, 0.25) is 0 Å². The van der Waals surface area contributed by atoms with Crippen molar-refractivity contribution in [2.24, 2.45) is 0 Å². The fourth-order valence-corrected chi connectivity index (χ4v) is 1.87. The summed E-state index contributed by atoms with van der Waals surface area (Å²) in [7, 11) is 0. The molecule has 0 aliphatic rings. The van der Waals surface area contributed by atoms with Crippen LogP contribution in [0.2, 0.25) is 0 Å². The van der Waals surface area contributed by atoms with Crippen LogP contribution in [0, 0.1) is 0 Å². The fourth-order valence-electron chi connectivity index (χ4n) is 1.87. The van der Waals surface area contributed by atoms with E-state index in [4.69, 9.17) is 4.74 Å². The van der Waals surface area contributed by atoms with E-state index in [2.05, 4.69) is 31.1 Å². The Balaban J connectivity index is 1.96. The quantitative estimate of drug-likeness (QED) is 0.879. The predicted molar refractivity (Wildman–Crippen MR) is 81.0 cm³/mol. The van der Waals surface area contributed by atoms with Crippen LogP contribution in [-0.2, 0) is 0 Å². The zero-order valence-corrected chi connectivity index (χ0v) is 12.3. The molecule has 2 aromatic rings. The number of ether oxygens (including phenoxy) is 1. The minimum Gasteiger partial charge on any atom is -0.490 e. The smallest absolute Gasteiger partial charge is 0.128 e. The van der Waals surface area contributed by atoms with E-state index in [1.807, 2.05) is 30.3 Å². The normalized spacial score (nSPS) is 13.4. The molecule has 0 aliphatic heterocycles. The number of hydrogen-bond acceptors (Lipinski definition) is 4. The van der Waals surface area contributed by atoms with Gasteiger partial charge >= 0.3 is 0 Å². The van der Waals surface area contributed by atoms with Gasteiger partial charge in [0, 0.05) is 23.7 Å². The summed E-state index contributed by atoms with van der Waals surface area (Å²) in [6, 6.07) is 9.60. The van der Waals surface area contributed by atoms with Crippen molar-refractivity contribution in [1.82, 2.24) is 10.3 Å². The first kappa shape index (κ1) is 14.8. The van der Waals surface area contributed by atoms with Gasteiger partial charge in [0.05, 0.1) is 5.52 Å². The van der Waals surface area contributed by atoms with E-state index in [0.29, 0.717) is 6.54 Å². The van der Waals surface area contributed by atoms with Crippen LogP contribution < -0.4 is 10.1 Å². The molecule has 20 heavy (non-hydrogen) atoms. The van der Waals surface area contributed by atoms with E-state index in [1.165, 1.54) is 0 Å². The number of pyridine rings is 1. The second-order valence-corrected chi connectivity index (χ2v) is 5.92. The summed E-state index contributed by atoms with van der Waals surface area (Å²) in [5.41, 5.74) is 0.886. The molecule has 4 nitrogen and oxygen atoms in total. The Labute approximate surface area is 119 Å². The molecule has 108 valence electrons. The predicted octanol–water partition coefficient (Wildman–Crippen LogP) is 2.36. The number of aliphatic hydroxyl groups excluding tert-OH is 1. The molecule has 0 spiro atoms. The summed E-state index contributed by atoms with van der Waals surface area (Å²) in [5, 5.41) is 14.2. The number of fused-ring (bicyclic) bond motifs is 1. The number of aromatic nitrogens is 1. The van der Waals surface area contributed by atoms with Crippen LogP contribution in [0.4, 0.5) is 0 Å². The average molecular weight is 274 g/mol. The maximum Gasteiger partial charge on any atom is 0.128 e. The van der Waals surface area contributed by atoms with Crippen LogP contribution in [0.3, 0.4) is 0 Å². The third-order valence-corrected chi connectivity index (χ3v) is 2.90. The van der Waals surface area contributed by atoms with Gasteiger partial charge in [0.25, 0.3) is 0 Å². The lowest BCUT2D eigenvalue weighted by atomic mass is 10.1. The molecule has 2 rings (SSSR count). The summed E-state index contributed by atoms with van der Waals surface area (Å²) in [5.74, 6) is 0.755. The van der Waals surface area contributed by atoms with Crippen LogP contribution in [-0.4, -0.2) is 34.9 Å². The first-order valence-corrected chi connectivity index (χ1v) is 6.85. The Morgan fingerprint density at radius 2 is 2.05 bits per heavy atom. The maximum atomic E-state index is 9.94. The first-order chi connectivity index (χ1) is 9.46. The molecule has 4 heteroatoms. The molecule has 0 radical (unpaired) electrons. The molecule has 1 heterocycles. The Kier molecular flexibility index (Phi) is 4.57. The van der Waals surface area contributed by atoms with E-state index in [0.717, 1.165) is 16.7 Å². The van der Waals surface area contributed by atoms with Crippen molar-refractivity contribution in [1.29, 1.82) is 0 Å². The summed E-state index contributed by atoms with van der Waals surface area (Å²) < 4.78 is 5.72. The Morgan fingerprint density at radius 1 is 1.25 bits per heavy atom. The zero-order valence-electron chi connectivity index (χ0n) is 12.3. The van der Waals surface area contributed by atoms with Gasteiger partial charge in [-0.25, -0.2) is 0 Å². The van der Waals surface area contributed by atoms with Gasteiger partial charge in [0.15, 0.2) is 0 Å². The Bertz CT molecular complexity index is 558. The van der Waals surface area contributed by atoms with Crippen molar-refractivity contribution in [3.05, 3.63) is 36.5 Å². The van der Waals surface area contributed by atoms with Gasteiger partial charge in [-0.2, -0.15) is 0 Å². The maximum absolute atomic E-state index is 9.94. The molecule has 1 atom stereocenters. The van der Waals surface area contributed by atoms with Gasteiger partial charge in [-0.3, -0.25) is 4.98 Å². The number of nitrogens with zero attached hydrogens (tertiary/aromatic N) is 1. The van der Waals surface area contributed by atoms with Crippen molar-refractivity contribution in [2.75, 3.05) is 13.2 Å². The van der Waals surface area contributed by atoms with Crippen LogP contribution in [0.15, 0.2) is 36.5 Å². The van der Waals surface area contributed by atoms with Crippen molar-refractivity contribution >= 4 is 10.9 Å². The Morgan fingerprint density at radius 3 is 2.80 bits per heavy atom. The SMILES string of the molecule is CC(C)(C)NC[C@@H](O)COc1cccc2ncccc12. The fraction of sp³-hybridized carbons (Fsp3) is 0.438. The molecular formula is C16H22N2O2. The molecule has 0 saturated heterocycles. The number of hydrogen-bond donors (Lipinski definition) is 2. The number of rotatable bonds is 5. The van der Waals surface area contributed by atoms with Crippen molar-refractivity contribution < 1.29 is 9.84 Å². The summed E-state index contributed by atoms with van der Waals surface area (Å²) >= 11 is 0. The molecule has 0 fully saturated rings. The monoisotopic (exact) mass is 274 g/mol. The van der Waals surface area contributed by atoms with E-state index < -0.39 is 6.10 Å². The molecule has 2 N–H and O–H groups in total. The van der Waals surface area contributed by atoms with Gasteiger partial charge in [-0.15, -0.1) is 0 Å². The van der Waals surface area contributed by atoms with Gasteiger partial charge in [-0.05, 0) is 45.0 Å². The lowest BCUT2D eigenvalue weighted by molar-refractivity contribution is 0.101. The molecule has 1 aromatic carbocycles. The molecule has 0 bridgehead atoms. The second kappa shape index (κ2) is 6.20. The minimum absolute atomic E-state index is 0.00958. The summed E-state index contributed by atoms with van der Waals surface area (Å²) in [6.45, 7) is 6.97. The molecule has 0 aliphatic carbocycles. The van der Waals surface area contributed by atoms with E-state index in [9.17, 15) is 5.11 Å². The highest BCUT2D eigenvalue weighted by Gasteiger charge is 2.13. The lowest BCUT2D eigenvalue weighted by Gasteiger charge is -2.23. The van der Waals surface area contributed by atoms with Crippen LogP contribution in [0.5, 0.6) is 5.75 Å². The van der Waals surface area contributed by atoms with E-state index in [1.54, 1.807) is 6.20 Å². The van der Waals surface area contributed by atoms with Gasteiger partial charge in [0.1, 0.15) is 18.5 Å².